The van der Waals surface area contributed by atoms with Crippen LogP contribution >= 0.6 is 0 Å². The summed E-state index contributed by atoms with van der Waals surface area (Å²) in [5, 5.41) is 2.57. The van der Waals surface area contributed by atoms with Crippen molar-refractivity contribution >= 4 is 5.91 Å². The van der Waals surface area contributed by atoms with Crippen LogP contribution in [0.25, 0.3) is 0 Å². The number of nitrogens with one attached hydrogen (secondary N) is 1. The Morgan fingerprint density at radius 1 is 1.58 bits per heavy atom. The average Bonchev–Trinajstić information content (AvgIpc) is 2.13. The van der Waals surface area contributed by atoms with Crippen molar-refractivity contribution in [1.82, 2.24) is 5.32 Å². The van der Waals surface area contributed by atoms with Gasteiger partial charge in [-0.2, -0.15) is 0 Å². The van der Waals surface area contributed by atoms with E-state index in [-0.39, 0.29) is 5.54 Å². The van der Waals surface area contributed by atoms with Crippen LogP contribution in [0.1, 0.15) is 26.7 Å². The van der Waals surface area contributed by atoms with Gasteiger partial charge in [-0.25, -0.2) is 0 Å². The molecule has 0 aliphatic carbocycles. The second-order valence-electron chi connectivity index (χ2n) is 2.90. The van der Waals surface area contributed by atoms with Crippen LogP contribution in [0.2, 0.25) is 0 Å². The molecule has 3 heteroatoms. The van der Waals surface area contributed by atoms with Gasteiger partial charge in [-0.05, 0) is 18.8 Å². The van der Waals surface area contributed by atoms with Gasteiger partial charge in [0.15, 0.2) is 0 Å². The summed E-state index contributed by atoms with van der Waals surface area (Å²) in [6.07, 6.45) is 6.54. The third kappa shape index (κ3) is 3.40. The van der Waals surface area contributed by atoms with Gasteiger partial charge in [-0.1, -0.05) is 13.8 Å². The molecule has 0 fully saturated rings. The lowest BCUT2D eigenvalue weighted by atomic mass is 9.94. The van der Waals surface area contributed by atoms with Crippen LogP contribution < -0.4 is 11.1 Å². The molecule has 0 atom stereocenters. The van der Waals surface area contributed by atoms with E-state index in [9.17, 15) is 4.79 Å². The third-order valence-electron chi connectivity index (χ3n) is 2.14. The smallest absolute Gasteiger partial charge is 0.295 e. The number of carbonyl (C=O) groups excluding carboxylic acids is 1. The summed E-state index contributed by atoms with van der Waals surface area (Å²) in [6.45, 7) is 4.43. The number of amides is 1. The molecule has 0 saturated carbocycles. The molecule has 0 bridgehead atoms. The normalized spacial score (nSPS) is 10.5. The lowest BCUT2D eigenvalue weighted by molar-refractivity contribution is -0.115. The SMILES string of the molecule is C#CC(=O)NCC(N)(CC)CC. The molecule has 12 heavy (non-hydrogen) atoms. The van der Waals surface area contributed by atoms with Crippen LogP contribution in [0, 0.1) is 12.3 Å². The molecule has 0 aromatic heterocycles. The summed E-state index contributed by atoms with van der Waals surface area (Å²) in [7, 11) is 0. The Bertz CT molecular complexity index is 189. The molecule has 0 spiro atoms. The lowest BCUT2D eigenvalue weighted by Gasteiger charge is -2.26. The van der Waals surface area contributed by atoms with Crippen molar-refractivity contribution in [3.8, 4) is 12.3 Å². The fourth-order valence-corrected chi connectivity index (χ4v) is 0.807. The molecule has 1 amide bonds. The summed E-state index contributed by atoms with van der Waals surface area (Å²) in [5.41, 5.74) is 5.60. The first-order valence-electron chi connectivity index (χ1n) is 4.11. The van der Waals surface area contributed by atoms with Crippen LogP contribution in [0.4, 0.5) is 0 Å². The standard InChI is InChI=1S/C9H16N2O/c1-4-8(12)11-7-9(10,5-2)6-3/h1H,5-7,10H2,2-3H3,(H,11,12). The molecular weight excluding hydrogens is 152 g/mol. The summed E-state index contributed by atoms with van der Waals surface area (Å²) in [5.74, 6) is 1.58. The minimum atomic E-state index is -0.397. The molecule has 0 aliphatic heterocycles. The Kier molecular flexibility index (Phi) is 4.38. The van der Waals surface area contributed by atoms with Gasteiger partial charge in [0.1, 0.15) is 0 Å². The molecule has 68 valence electrons. The Morgan fingerprint density at radius 2 is 2.08 bits per heavy atom. The summed E-state index contributed by atoms with van der Waals surface area (Å²) in [4.78, 5) is 10.7. The minimum Gasteiger partial charge on any atom is -0.343 e. The zero-order chi connectivity index (χ0) is 9.61. The Labute approximate surface area is 73.7 Å². The quantitative estimate of drug-likeness (QED) is 0.591. The van der Waals surface area contributed by atoms with E-state index in [1.165, 1.54) is 0 Å². The predicted octanol–water partition coefficient (Wildman–Crippen LogP) is 0.253. The Balaban J connectivity index is 3.90. The number of hydrogen-bond donors (Lipinski definition) is 2. The Morgan fingerprint density at radius 3 is 2.42 bits per heavy atom. The van der Waals surface area contributed by atoms with E-state index in [2.05, 4.69) is 5.32 Å². The van der Waals surface area contributed by atoms with Gasteiger partial charge in [-0.3, -0.25) is 4.79 Å². The maximum absolute atomic E-state index is 10.7. The highest BCUT2D eigenvalue weighted by molar-refractivity contribution is 5.92. The fourth-order valence-electron chi connectivity index (χ4n) is 0.807. The molecule has 0 aromatic rings. The van der Waals surface area contributed by atoms with Crippen molar-refractivity contribution in [2.24, 2.45) is 5.73 Å². The first-order chi connectivity index (χ1) is 5.58. The van der Waals surface area contributed by atoms with Gasteiger partial charge < -0.3 is 11.1 Å². The van der Waals surface area contributed by atoms with Crippen LogP contribution in [0.15, 0.2) is 0 Å². The fraction of sp³-hybridized carbons (Fsp3) is 0.667. The van der Waals surface area contributed by atoms with Crippen molar-refractivity contribution < 1.29 is 4.79 Å². The van der Waals surface area contributed by atoms with Gasteiger partial charge in [0.25, 0.3) is 5.91 Å². The molecule has 0 aliphatic rings. The zero-order valence-electron chi connectivity index (χ0n) is 7.68. The first kappa shape index (κ1) is 11.0. The highest BCUT2D eigenvalue weighted by Gasteiger charge is 2.20. The largest absolute Gasteiger partial charge is 0.343 e. The van der Waals surface area contributed by atoms with Crippen LogP contribution in [0.5, 0.6) is 0 Å². The molecule has 3 nitrogen and oxygen atoms in total. The molecule has 0 saturated heterocycles. The molecular formula is C9H16N2O. The Hall–Kier alpha value is -1.01. The van der Waals surface area contributed by atoms with Crippen LogP contribution in [-0.2, 0) is 4.79 Å². The van der Waals surface area contributed by atoms with E-state index in [4.69, 9.17) is 12.2 Å². The van der Waals surface area contributed by atoms with Crippen molar-refractivity contribution in [3.05, 3.63) is 0 Å². The average molecular weight is 168 g/mol. The minimum absolute atomic E-state index is 0.313. The second-order valence-corrected chi connectivity index (χ2v) is 2.90. The van der Waals surface area contributed by atoms with E-state index in [0.29, 0.717) is 6.54 Å². The third-order valence-corrected chi connectivity index (χ3v) is 2.14. The van der Waals surface area contributed by atoms with Crippen LogP contribution in [-0.4, -0.2) is 18.0 Å². The maximum Gasteiger partial charge on any atom is 0.295 e. The van der Waals surface area contributed by atoms with Gasteiger partial charge in [0.05, 0.1) is 0 Å². The number of carbonyl (C=O) groups is 1. The molecule has 0 unspecified atom stereocenters. The number of rotatable bonds is 4. The lowest BCUT2D eigenvalue weighted by Crippen LogP contribution is -2.49. The van der Waals surface area contributed by atoms with Gasteiger partial charge in [0.2, 0.25) is 0 Å². The van der Waals surface area contributed by atoms with Gasteiger partial charge >= 0.3 is 0 Å². The molecule has 0 radical (unpaired) electrons. The van der Waals surface area contributed by atoms with E-state index < -0.39 is 5.91 Å². The highest BCUT2D eigenvalue weighted by Crippen LogP contribution is 2.08. The van der Waals surface area contributed by atoms with Crippen molar-refractivity contribution in [1.29, 1.82) is 0 Å². The summed E-state index contributed by atoms with van der Waals surface area (Å²) in [6, 6.07) is 0. The van der Waals surface area contributed by atoms with E-state index in [1.54, 1.807) is 0 Å². The molecule has 0 heterocycles. The van der Waals surface area contributed by atoms with E-state index in [1.807, 2.05) is 19.8 Å². The van der Waals surface area contributed by atoms with Crippen molar-refractivity contribution in [2.45, 2.75) is 32.2 Å². The maximum atomic E-state index is 10.7. The number of nitrogens with two attached hydrogens (primary N) is 1. The van der Waals surface area contributed by atoms with E-state index in [0.717, 1.165) is 12.8 Å². The summed E-state index contributed by atoms with van der Waals surface area (Å²) < 4.78 is 0. The van der Waals surface area contributed by atoms with Crippen molar-refractivity contribution in [2.75, 3.05) is 6.54 Å². The van der Waals surface area contributed by atoms with Crippen LogP contribution in [0.3, 0.4) is 0 Å². The molecule has 3 N–H and O–H groups in total. The number of terminal acetylenes is 1. The zero-order valence-corrected chi connectivity index (χ0v) is 7.68. The van der Waals surface area contributed by atoms with Crippen molar-refractivity contribution in [3.63, 3.8) is 0 Å². The summed E-state index contributed by atoms with van der Waals surface area (Å²) >= 11 is 0. The van der Waals surface area contributed by atoms with E-state index >= 15 is 0 Å². The molecule has 0 aromatic carbocycles. The molecule has 0 rings (SSSR count). The van der Waals surface area contributed by atoms with Gasteiger partial charge in [-0.15, -0.1) is 6.42 Å². The monoisotopic (exact) mass is 168 g/mol. The first-order valence-corrected chi connectivity index (χ1v) is 4.11. The van der Waals surface area contributed by atoms with Gasteiger partial charge in [0, 0.05) is 12.1 Å². The predicted molar refractivity (Wildman–Crippen MR) is 49.3 cm³/mol. The highest BCUT2D eigenvalue weighted by atomic mass is 16.1. The second kappa shape index (κ2) is 4.78. The topological polar surface area (TPSA) is 55.1 Å². The number of hydrogen-bond acceptors (Lipinski definition) is 2.